The fourth-order valence-corrected chi connectivity index (χ4v) is 2.49. The zero-order valence-electron chi connectivity index (χ0n) is 9.24. The number of H-pyrrole nitrogens is 1. The summed E-state index contributed by atoms with van der Waals surface area (Å²) in [5.41, 5.74) is 1.84. The monoisotopic (exact) mass is 310 g/mol. The summed E-state index contributed by atoms with van der Waals surface area (Å²) >= 11 is 4.92. The lowest BCUT2D eigenvalue weighted by Crippen LogP contribution is -2.07. The van der Waals surface area contributed by atoms with Gasteiger partial charge in [-0.15, -0.1) is 0 Å². The van der Waals surface area contributed by atoms with Gasteiger partial charge in [0.1, 0.15) is 0 Å². The van der Waals surface area contributed by atoms with Crippen LogP contribution in [-0.4, -0.2) is 9.97 Å². The van der Waals surface area contributed by atoms with Crippen LogP contribution >= 0.6 is 27.7 Å². The smallest absolute Gasteiger partial charge is 0.251 e. The molecule has 3 nitrogen and oxygen atoms in total. The first-order valence-electron chi connectivity index (χ1n) is 5.09. The van der Waals surface area contributed by atoms with Crippen LogP contribution in [0.1, 0.15) is 11.3 Å². The fraction of sp³-hybridized carbons (Fsp3) is 0.167. The van der Waals surface area contributed by atoms with E-state index in [1.807, 2.05) is 31.2 Å². The van der Waals surface area contributed by atoms with Gasteiger partial charge in [0.25, 0.3) is 5.56 Å². The first-order valence-corrected chi connectivity index (χ1v) is 6.86. The molecule has 0 amide bonds. The molecule has 0 aliphatic carbocycles. The third kappa shape index (κ3) is 3.71. The maximum atomic E-state index is 11.3. The van der Waals surface area contributed by atoms with Crippen LogP contribution in [0.15, 0.2) is 44.8 Å². The predicted molar refractivity (Wildman–Crippen MR) is 73.3 cm³/mol. The molecule has 0 unspecified atom stereocenters. The van der Waals surface area contributed by atoms with E-state index in [9.17, 15) is 4.79 Å². The number of halogens is 1. The number of nitrogens with zero attached hydrogens (tertiary/aromatic N) is 1. The fourth-order valence-electron chi connectivity index (χ4n) is 1.35. The Morgan fingerprint density at radius 3 is 2.71 bits per heavy atom. The number of aromatic nitrogens is 2. The summed E-state index contributed by atoms with van der Waals surface area (Å²) in [4.78, 5) is 18.2. The molecule has 0 radical (unpaired) electrons. The molecule has 1 aromatic heterocycles. The number of hydrogen-bond acceptors (Lipinski definition) is 3. The van der Waals surface area contributed by atoms with Crippen LogP contribution in [0.5, 0.6) is 0 Å². The molecule has 0 saturated carbocycles. The molecule has 0 bridgehead atoms. The van der Waals surface area contributed by atoms with Crippen molar-refractivity contribution in [1.82, 2.24) is 9.97 Å². The molecule has 0 aliphatic rings. The second-order valence-corrected chi connectivity index (χ2v) is 5.49. The standard InChI is InChI=1S/C12H11BrN2OS/c1-8-6-11(16)15-12(14-8)17-7-9-2-4-10(13)5-3-9/h2-6H,7H2,1H3,(H,14,15,16). The first-order chi connectivity index (χ1) is 8.13. The lowest BCUT2D eigenvalue weighted by molar-refractivity contribution is 0.905. The predicted octanol–water partition coefficient (Wildman–Crippen LogP) is 3.13. The van der Waals surface area contributed by atoms with Crippen molar-refractivity contribution in [3.8, 4) is 0 Å². The molecule has 0 aliphatic heterocycles. The maximum Gasteiger partial charge on any atom is 0.251 e. The Morgan fingerprint density at radius 2 is 2.06 bits per heavy atom. The molecule has 1 N–H and O–H groups in total. The minimum Gasteiger partial charge on any atom is -0.301 e. The molecular weight excluding hydrogens is 300 g/mol. The molecular formula is C12H11BrN2OS. The van der Waals surface area contributed by atoms with Gasteiger partial charge >= 0.3 is 0 Å². The number of aromatic amines is 1. The molecule has 0 spiro atoms. The number of benzene rings is 1. The molecule has 5 heteroatoms. The van der Waals surface area contributed by atoms with Crippen LogP contribution in [0.3, 0.4) is 0 Å². The average Bonchev–Trinajstić information content (AvgIpc) is 2.27. The number of hydrogen-bond donors (Lipinski definition) is 1. The number of aryl methyl sites for hydroxylation is 1. The van der Waals surface area contributed by atoms with Gasteiger partial charge in [0.15, 0.2) is 5.16 Å². The lowest BCUT2D eigenvalue weighted by Gasteiger charge is -2.02. The molecule has 88 valence electrons. The third-order valence-electron chi connectivity index (χ3n) is 2.14. The van der Waals surface area contributed by atoms with E-state index in [1.165, 1.54) is 23.4 Å². The SMILES string of the molecule is Cc1cc(=O)[nH]c(SCc2ccc(Br)cc2)n1. The van der Waals surface area contributed by atoms with Crippen LogP contribution in [0.2, 0.25) is 0 Å². The van der Waals surface area contributed by atoms with Gasteiger partial charge in [-0.1, -0.05) is 39.8 Å². The zero-order chi connectivity index (χ0) is 12.3. The molecule has 0 saturated heterocycles. The summed E-state index contributed by atoms with van der Waals surface area (Å²) in [7, 11) is 0. The van der Waals surface area contributed by atoms with Crippen molar-refractivity contribution in [2.45, 2.75) is 17.8 Å². The summed E-state index contributed by atoms with van der Waals surface area (Å²) in [6.45, 7) is 1.82. The number of rotatable bonds is 3. The Balaban J connectivity index is 2.07. The highest BCUT2D eigenvalue weighted by Gasteiger charge is 2.00. The maximum absolute atomic E-state index is 11.3. The van der Waals surface area contributed by atoms with Crippen LogP contribution in [0.25, 0.3) is 0 Å². The van der Waals surface area contributed by atoms with Gasteiger partial charge in [-0.2, -0.15) is 0 Å². The van der Waals surface area contributed by atoms with Crippen molar-refractivity contribution in [1.29, 1.82) is 0 Å². The van der Waals surface area contributed by atoms with Gasteiger partial charge in [-0.3, -0.25) is 4.79 Å². The normalized spacial score (nSPS) is 10.5. The van der Waals surface area contributed by atoms with Crippen molar-refractivity contribution >= 4 is 27.7 Å². The van der Waals surface area contributed by atoms with Gasteiger partial charge in [-0.25, -0.2) is 4.98 Å². The van der Waals surface area contributed by atoms with Crippen LogP contribution in [0.4, 0.5) is 0 Å². The van der Waals surface area contributed by atoms with Crippen molar-refractivity contribution in [2.75, 3.05) is 0 Å². The molecule has 0 atom stereocenters. The third-order valence-corrected chi connectivity index (χ3v) is 3.61. The average molecular weight is 311 g/mol. The molecule has 2 aromatic rings. The molecule has 1 aromatic carbocycles. The minimum absolute atomic E-state index is 0.101. The quantitative estimate of drug-likeness (QED) is 0.700. The molecule has 2 rings (SSSR count). The Hall–Kier alpha value is -1.07. The summed E-state index contributed by atoms with van der Waals surface area (Å²) in [5.74, 6) is 0.791. The van der Waals surface area contributed by atoms with Crippen molar-refractivity contribution in [3.63, 3.8) is 0 Å². The van der Waals surface area contributed by atoms with E-state index in [4.69, 9.17) is 0 Å². The Kier molecular flexibility index (Phi) is 4.02. The van der Waals surface area contributed by atoms with Gasteiger partial charge in [0.2, 0.25) is 0 Å². The van der Waals surface area contributed by atoms with Gasteiger partial charge in [-0.05, 0) is 24.6 Å². The van der Waals surface area contributed by atoms with Gasteiger partial charge < -0.3 is 4.98 Å². The van der Waals surface area contributed by atoms with Gasteiger partial charge in [0, 0.05) is 22.0 Å². The Morgan fingerprint density at radius 1 is 1.35 bits per heavy atom. The largest absolute Gasteiger partial charge is 0.301 e. The zero-order valence-corrected chi connectivity index (χ0v) is 11.6. The van der Waals surface area contributed by atoms with Crippen LogP contribution < -0.4 is 5.56 Å². The van der Waals surface area contributed by atoms with Crippen LogP contribution in [-0.2, 0) is 5.75 Å². The highest BCUT2D eigenvalue weighted by Crippen LogP contribution is 2.19. The molecule has 1 heterocycles. The minimum atomic E-state index is -0.101. The second-order valence-electron chi connectivity index (χ2n) is 3.61. The highest BCUT2D eigenvalue weighted by atomic mass is 79.9. The van der Waals surface area contributed by atoms with Crippen molar-refractivity contribution < 1.29 is 0 Å². The second kappa shape index (κ2) is 5.51. The van der Waals surface area contributed by atoms with E-state index < -0.39 is 0 Å². The van der Waals surface area contributed by atoms with Crippen molar-refractivity contribution in [3.05, 3.63) is 56.4 Å². The van der Waals surface area contributed by atoms with E-state index in [0.717, 1.165) is 15.9 Å². The molecule has 0 fully saturated rings. The topological polar surface area (TPSA) is 45.8 Å². The van der Waals surface area contributed by atoms with Gasteiger partial charge in [0.05, 0.1) is 0 Å². The summed E-state index contributed by atoms with van der Waals surface area (Å²) < 4.78 is 1.06. The number of nitrogens with one attached hydrogen (secondary N) is 1. The van der Waals surface area contributed by atoms with E-state index in [-0.39, 0.29) is 5.56 Å². The number of thioether (sulfide) groups is 1. The highest BCUT2D eigenvalue weighted by molar-refractivity contribution is 9.10. The summed E-state index contributed by atoms with van der Waals surface area (Å²) in [5, 5.41) is 0.665. The summed E-state index contributed by atoms with van der Waals surface area (Å²) in [6.07, 6.45) is 0. The van der Waals surface area contributed by atoms with Crippen molar-refractivity contribution in [2.24, 2.45) is 0 Å². The Labute approximate surface area is 112 Å². The molecule has 17 heavy (non-hydrogen) atoms. The Bertz CT molecular complexity index is 565. The van der Waals surface area contributed by atoms with E-state index in [0.29, 0.717) is 5.16 Å². The summed E-state index contributed by atoms with van der Waals surface area (Å²) in [6, 6.07) is 9.59. The lowest BCUT2D eigenvalue weighted by atomic mass is 10.2. The van der Waals surface area contributed by atoms with E-state index in [2.05, 4.69) is 25.9 Å². The van der Waals surface area contributed by atoms with E-state index in [1.54, 1.807) is 0 Å². The van der Waals surface area contributed by atoms with Crippen LogP contribution in [0, 0.1) is 6.92 Å². The van der Waals surface area contributed by atoms with E-state index >= 15 is 0 Å². The first kappa shape index (κ1) is 12.4.